The first-order valence-electron chi connectivity index (χ1n) is 5.60. The second-order valence-corrected chi connectivity index (χ2v) is 4.18. The van der Waals surface area contributed by atoms with Crippen LogP contribution in [0.25, 0.3) is 0 Å². The number of nitriles is 1. The van der Waals surface area contributed by atoms with E-state index in [1.54, 1.807) is 5.32 Å². The van der Waals surface area contributed by atoms with Crippen molar-refractivity contribution < 1.29 is 36.2 Å². The highest BCUT2D eigenvalue weighted by molar-refractivity contribution is 5.75. The van der Waals surface area contributed by atoms with Crippen LogP contribution in [0.1, 0.15) is 22.7 Å². The van der Waals surface area contributed by atoms with Crippen molar-refractivity contribution in [3.8, 4) is 6.07 Å². The largest absolute Gasteiger partial charge is 0.480 e. The van der Waals surface area contributed by atoms with Gasteiger partial charge in [0.25, 0.3) is 0 Å². The molecule has 0 bridgehead atoms. The van der Waals surface area contributed by atoms with Crippen LogP contribution in [0.15, 0.2) is 18.2 Å². The molecule has 0 aliphatic heterocycles. The van der Waals surface area contributed by atoms with Gasteiger partial charge in [-0.2, -0.15) is 31.6 Å². The van der Waals surface area contributed by atoms with Gasteiger partial charge in [0.15, 0.2) is 0 Å². The topological polar surface area (TPSA) is 73.1 Å². The van der Waals surface area contributed by atoms with E-state index in [0.29, 0.717) is 12.1 Å². The highest BCUT2D eigenvalue weighted by atomic mass is 19.4. The van der Waals surface area contributed by atoms with E-state index in [4.69, 9.17) is 10.4 Å². The molecule has 0 heterocycles. The van der Waals surface area contributed by atoms with Crippen LogP contribution in [0.5, 0.6) is 0 Å². The van der Waals surface area contributed by atoms with Crippen molar-refractivity contribution in [2.45, 2.75) is 18.4 Å². The molecule has 0 spiro atoms. The number of alkyl halides is 6. The number of nitrogens with one attached hydrogen (secondary N) is 1. The molecule has 0 fully saturated rings. The first-order chi connectivity index (χ1) is 9.95. The molecule has 0 radical (unpaired) electrons. The summed E-state index contributed by atoms with van der Waals surface area (Å²) < 4.78 is 74.6. The molecule has 10 heteroatoms. The first-order valence-corrected chi connectivity index (χ1v) is 5.60. The van der Waals surface area contributed by atoms with Gasteiger partial charge in [0, 0.05) is 0 Å². The molecule has 2 N–H and O–H groups in total. The van der Waals surface area contributed by atoms with Gasteiger partial charge in [-0.15, -0.1) is 0 Å². The number of hydrogen-bond acceptors (Lipinski definition) is 3. The maximum atomic E-state index is 12.8. The molecule has 1 rings (SSSR count). The van der Waals surface area contributed by atoms with Crippen LogP contribution in [-0.2, 0) is 11.0 Å². The molecule has 4 nitrogen and oxygen atoms in total. The Morgan fingerprint density at radius 2 is 1.86 bits per heavy atom. The van der Waals surface area contributed by atoms with Crippen LogP contribution in [0.2, 0.25) is 0 Å². The van der Waals surface area contributed by atoms with Gasteiger partial charge in [-0.1, -0.05) is 6.07 Å². The van der Waals surface area contributed by atoms with E-state index in [0.717, 1.165) is 6.07 Å². The Morgan fingerprint density at radius 1 is 1.27 bits per heavy atom. The Kier molecular flexibility index (Phi) is 5.03. The SMILES string of the molecule is N#Cc1ccc(C(NCC(F)(F)F)C(=O)O)cc1C(F)(F)F. The van der Waals surface area contributed by atoms with Gasteiger partial charge in [-0.05, 0) is 17.7 Å². The Labute approximate surface area is 120 Å². The average molecular weight is 326 g/mol. The lowest BCUT2D eigenvalue weighted by Crippen LogP contribution is -2.36. The van der Waals surface area contributed by atoms with Crippen LogP contribution in [0.3, 0.4) is 0 Å². The molecule has 0 saturated carbocycles. The van der Waals surface area contributed by atoms with E-state index in [-0.39, 0.29) is 0 Å². The summed E-state index contributed by atoms with van der Waals surface area (Å²) >= 11 is 0. The second-order valence-electron chi connectivity index (χ2n) is 4.18. The summed E-state index contributed by atoms with van der Waals surface area (Å²) in [6.45, 7) is -1.69. The number of hydrogen-bond donors (Lipinski definition) is 2. The molecule has 0 saturated heterocycles. The predicted molar refractivity (Wildman–Crippen MR) is 60.6 cm³/mol. The summed E-state index contributed by atoms with van der Waals surface area (Å²) in [5.41, 5.74) is -2.70. The summed E-state index contributed by atoms with van der Waals surface area (Å²) in [4.78, 5) is 11.0. The molecular formula is C12H8F6N2O2. The molecule has 0 aliphatic carbocycles. The lowest BCUT2D eigenvalue weighted by molar-refractivity contribution is -0.144. The van der Waals surface area contributed by atoms with E-state index >= 15 is 0 Å². The molecule has 1 aromatic carbocycles. The van der Waals surface area contributed by atoms with E-state index in [1.807, 2.05) is 0 Å². The molecular weight excluding hydrogens is 318 g/mol. The number of carboxylic acids is 1. The van der Waals surface area contributed by atoms with E-state index in [2.05, 4.69) is 0 Å². The number of halogens is 6. The Bertz CT molecular complexity index is 603. The van der Waals surface area contributed by atoms with Gasteiger partial charge >= 0.3 is 18.3 Å². The number of nitrogens with zero attached hydrogens (tertiary/aromatic N) is 1. The van der Waals surface area contributed by atoms with Crippen molar-refractivity contribution >= 4 is 5.97 Å². The lowest BCUT2D eigenvalue weighted by Gasteiger charge is -2.18. The van der Waals surface area contributed by atoms with E-state index < -0.39 is 47.6 Å². The van der Waals surface area contributed by atoms with Gasteiger partial charge in [-0.3, -0.25) is 10.1 Å². The van der Waals surface area contributed by atoms with Gasteiger partial charge in [0.1, 0.15) is 6.04 Å². The quantitative estimate of drug-likeness (QED) is 0.835. The predicted octanol–water partition coefficient (Wildman–Crippen LogP) is 2.85. The number of aliphatic carboxylic acids is 1. The summed E-state index contributed by atoms with van der Waals surface area (Å²) in [6.07, 6.45) is -9.67. The smallest absolute Gasteiger partial charge is 0.417 e. The molecule has 22 heavy (non-hydrogen) atoms. The summed E-state index contributed by atoms with van der Waals surface area (Å²) in [5.74, 6) is -1.78. The third-order valence-corrected chi connectivity index (χ3v) is 2.56. The third-order valence-electron chi connectivity index (χ3n) is 2.56. The Hall–Kier alpha value is -2.28. The number of carbonyl (C=O) groups is 1. The van der Waals surface area contributed by atoms with Crippen LogP contribution >= 0.6 is 0 Å². The van der Waals surface area contributed by atoms with Crippen LogP contribution in [-0.4, -0.2) is 23.8 Å². The fraction of sp³-hybridized carbons (Fsp3) is 0.333. The van der Waals surface area contributed by atoms with Crippen molar-refractivity contribution in [2.75, 3.05) is 6.54 Å². The molecule has 120 valence electrons. The fourth-order valence-corrected chi connectivity index (χ4v) is 1.64. The zero-order valence-electron chi connectivity index (χ0n) is 10.6. The lowest BCUT2D eigenvalue weighted by atomic mass is 9.99. The van der Waals surface area contributed by atoms with E-state index in [9.17, 15) is 31.1 Å². The maximum absolute atomic E-state index is 12.8. The van der Waals surface area contributed by atoms with Crippen molar-refractivity contribution in [3.63, 3.8) is 0 Å². The third kappa shape index (κ3) is 4.63. The highest BCUT2D eigenvalue weighted by Gasteiger charge is 2.36. The molecule has 0 aliphatic rings. The van der Waals surface area contributed by atoms with E-state index in [1.165, 1.54) is 6.07 Å². The zero-order valence-corrected chi connectivity index (χ0v) is 10.6. The minimum atomic E-state index is -4.94. The van der Waals surface area contributed by atoms with Crippen LogP contribution < -0.4 is 5.32 Å². The van der Waals surface area contributed by atoms with Crippen molar-refractivity contribution in [2.24, 2.45) is 0 Å². The number of carboxylic acid groups (broad SMARTS) is 1. The Balaban J connectivity index is 3.22. The molecule has 1 atom stereocenters. The molecule has 0 aromatic heterocycles. The molecule has 0 amide bonds. The minimum absolute atomic E-state index is 0.348. The maximum Gasteiger partial charge on any atom is 0.417 e. The molecule has 1 aromatic rings. The Morgan fingerprint density at radius 3 is 2.27 bits per heavy atom. The highest BCUT2D eigenvalue weighted by Crippen LogP contribution is 2.33. The molecule has 1 unspecified atom stereocenters. The number of rotatable bonds is 4. The summed E-state index contributed by atoms with van der Waals surface area (Å²) in [6, 6.07) is 1.21. The monoisotopic (exact) mass is 326 g/mol. The number of benzene rings is 1. The first kappa shape index (κ1) is 17.8. The van der Waals surface area contributed by atoms with Gasteiger partial charge in [0.05, 0.1) is 23.7 Å². The second kappa shape index (κ2) is 6.23. The fourth-order valence-electron chi connectivity index (χ4n) is 1.64. The van der Waals surface area contributed by atoms with Crippen LogP contribution in [0.4, 0.5) is 26.3 Å². The average Bonchev–Trinajstić information content (AvgIpc) is 2.36. The minimum Gasteiger partial charge on any atom is -0.480 e. The van der Waals surface area contributed by atoms with Crippen LogP contribution in [0, 0.1) is 11.3 Å². The summed E-state index contributed by atoms with van der Waals surface area (Å²) in [7, 11) is 0. The summed E-state index contributed by atoms with van der Waals surface area (Å²) in [5, 5.41) is 19.1. The van der Waals surface area contributed by atoms with Gasteiger partial charge < -0.3 is 5.11 Å². The van der Waals surface area contributed by atoms with Gasteiger partial charge in [0.2, 0.25) is 0 Å². The van der Waals surface area contributed by atoms with Crippen molar-refractivity contribution in [1.29, 1.82) is 5.26 Å². The van der Waals surface area contributed by atoms with Crippen molar-refractivity contribution in [3.05, 3.63) is 34.9 Å². The van der Waals surface area contributed by atoms with Crippen molar-refractivity contribution in [1.82, 2.24) is 5.32 Å². The van der Waals surface area contributed by atoms with Gasteiger partial charge in [-0.25, -0.2) is 0 Å². The normalized spacial score (nSPS) is 13.5. The standard InChI is InChI=1S/C12H8F6N2O2/c13-11(14,15)5-20-9(10(21)22)6-1-2-7(4-19)8(3-6)12(16,17)18/h1-3,9,20H,5H2,(H,21,22). The zero-order chi connectivity index (χ0) is 17.1.